The summed E-state index contributed by atoms with van der Waals surface area (Å²) in [5.74, 6) is 1.36. The van der Waals surface area contributed by atoms with Crippen molar-refractivity contribution in [1.82, 2.24) is 29.9 Å². The number of allylic oxidation sites excluding steroid dienone is 1. The number of aromatic nitrogens is 6. The van der Waals surface area contributed by atoms with Crippen molar-refractivity contribution in [3.8, 4) is 96.3 Å². The molecule has 0 unspecified atom stereocenters. The number of carbonyl (C=O) groups is 6. The van der Waals surface area contributed by atoms with E-state index in [1.165, 1.54) is 0 Å². The van der Waals surface area contributed by atoms with Gasteiger partial charge in [0.15, 0.2) is 5.78 Å². The first-order valence-corrected chi connectivity index (χ1v) is 33.7. The maximum Gasteiger partial charge on any atom is 3.00 e. The Morgan fingerprint density at radius 2 is 0.561 bits per heavy atom. The molecule has 544 valence electrons. The summed E-state index contributed by atoms with van der Waals surface area (Å²) in [5.41, 5.74) is 10.4. The fourth-order valence-corrected chi connectivity index (χ4v) is 8.62. The van der Waals surface area contributed by atoms with Crippen LogP contribution >= 0.6 is 0 Å². The maximum absolute atomic E-state index is 12.1. The summed E-state index contributed by atoms with van der Waals surface area (Å²) >= 11 is 0. The third-order valence-corrected chi connectivity index (χ3v) is 14.7. The van der Waals surface area contributed by atoms with Gasteiger partial charge >= 0.3 is 70.1 Å². The number of carbonyl (C=O) groups excluding carboxylic acids is 6. The number of pyridine rings is 6. The van der Waals surface area contributed by atoms with E-state index < -0.39 is 5.41 Å². The van der Waals surface area contributed by atoms with Crippen LogP contribution in [0.2, 0.25) is 0 Å². The molecule has 12 rings (SSSR count). The van der Waals surface area contributed by atoms with Crippen LogP contribution in [0.25, 0.3) is 67.5 Å². The number of rotatable bonds is 19. The van der Waals surface area contributed by atoms with Crippen LogP contribution in [0.1, 0.15) is 97.9 Å². The Hall–Kier alpha value is -11.7. The zero-order chi connectivity index (χ0) is 75.2. The summed E-state index contributed by atoms with van der Waals surface area (Å²) < 4.78 is 26.0. The third-order valence-electron chi connectivity index (χ3n) is 14.7. The van der Waals surface area contributed by atoms with Gasteiger partial charge in [0.05, 0.1) is 34.2 Å². The van der Waals surface area contributed by atoms with Gasteiger partial charge in [-0.1, -0.05) is 120 Å². The molecule has 0 saturated heterocycles. The van der Waals surface area contributed by atoms with Gasteiger partial charge in [-0.15, -0.1) is 179 Å². The molecule has 0 amide bonds. The van der Waals surface area contributed by atoms with Crippen LogP contribution in [-0.4, -0.2) is 65.5 Å². The van der Waals surface area contributed by atoms with E-state index in [-0.39, 0.29) is 75.8 Å². The van der Waals surface area contributed by atoms with E-state index in [0.29, 0.717) is 65.6 Å². The molecule has 17 nitrogen and oxygen atoms in total. The van der Waals surface area contributed by atoms with Crippen molar-refractivity contribution in [3.05, 3.63) is 310 Å². The molecule has 107 heavy (non-hydrogen) atoms. The average Bonchev–Trinajstić information content (AvgIpc) is 0.979. The van der Waals surface area contributed by atoms with Gasteiger partial charge in [0.2, 0.25) is 0 Å². The van der Waals surface area contributed by atoms with Crippen molar-refractivity contribution >= 4 is 35.6 Å². The number of ketones is 1. The van der Waals surface area contributed by atoms with Crippen molar-refractivity contribution in [2.75, 3.05) is 0 Å². The van der Waals surface area contributed by atoms with Crippen molar-refractivity contribution in [2.24, 2.45) is 5.41 Å². The minimum Gasteiger partial charge on any atom is -0.447 e. The van der Waals surface area contributed by atoms with Gasteiger partial charge in [-0.3, -0.25) is 28.8 Å². The Morgan fingerprint density at radius 3 is 0.766 bits per heavy atom. The summed E-state index contributed by atoms with van der Waals surface area (Å²) in [4.78, 5) is 93.9. The molecular weight excluding hydrogens is 1700 g/mol. The molecule has 0 N–H and O–H groups in total. The van der Waals surface area contributed by atoms with Gasteiger partial charge in [-0.05, 0) is 103 Å². The molecule has 12 aromatic rings. The molecule has 0 spiro atoms. The van der Waals surface area contributed by atoms with E-state index in [1.807, 2.05) is 130 Å². The first kappa shape index (κ1) is 85.9. The SMILES string of the molecule is C=C(C)C(=O)c1cc[c-]c(-c2ccccn2)c1.CCC(=O)Oc1cc[c-]c(-c2ccccn2)c1.CCC(=O)Oc1cc[c-]c(-c2ccccn2)c1.CCC(=O)Oc1cc[c-]c(-c2ccccn2)c1.CCC(=O)Oc1cc[c-]c(-c2ccccn2)c1.CCC(C)(C)C(=O)Oc1cc[c-]c(-c2ccccn2)c1.[Ir+3].[Ir+3]. The first-order chi connectivity index (χ1) is 50.9. The van der Waals surface area contributed by atoms with Crippen molar-refractivity contribution in [3.63, 3.8) is 0 Å². The minimum atomic E-state index is -0.481. The van der Waals surface area contributed by atoms with Gasteiger partial charge < -0.3 is 53.6 Å². The molecular formula is C88H78Ir2N6O11. The summed E-state index contributed by atoms with van der Waals surface area (Å²) in [7, 11) is 0. The first-order valence-electron chi connectivity index (χ1n) is 33.7. The van der Waals surface area contributed by atoms with Crippen LogP contribution < -0.4 is 23.7 Å². The average molecular weight is 1780 g/mol. The summed E-state index contributed by atoms with van der Waals surface area (Å²) in [6, 6.07) is 83.6. The Morgan fingerprint density at radius 1 is 0.336 bits per heavy atom. The van der Waals surface area contributed by atoms with Crippen LogP contribution in [0.4, 0.5) is 0 Å². The van der Waals surface area contributed by atoms with E-state index in [2.05, 4.69) is 72.9 Å². The van der Waals surface area contributed by atoms with Gasteiger partial charge in [-0.25, -0.2) is 0 Å². The number of Topliss-reactive ketones (excluding diaryl/α,β-unsaturated/α-hetero) is 1. The number of esters is 5. The second kappa shape index (κ2) is 46.2. The van der Waals surface area contributed by atoms with Crippen LogP contribution in [0.3, 0.4) is 0 Å². The minimum absolute atomic E-state index is 0. The van der Waals surface area contributed by atoms with E-state index in [1.54, 1.807) is 181 Å². The Bertz CT molecular complexity index is 4370. The molecule has 19 heteroatoms. The topological polar surface area (TPSA) is 226 Å². The number of hydrogen-bond acceptors (Lipinski definition) is 17. The Labute approximate surface area is 652 Å². The molecule has 0 saturated carbocycles. The van der Waals surface area contributed by atoms with E-state index >= 15 is 0 Å². The van der Waals surface area contributed by atoms with Crippen molar-refractivity contribution < 1.29 is 92.7 Å². The molecule has 0 radical (unpaired) electrons. The van der Waals surface area contributed by atoms with Crippen LogP contribution in [-0.2, 0) is 64.2 Å². The number of hydrogen-bond donors (Lipinski definition) is 0. The smallest absolute Gasteiger partial charge is 0.447 e. The van der Waals surface area contributed by atoms with Gasteiger partial charge in [0.1, 0.15) is 0 Å². The fraction of sp³-hybridized carbons (Fsp3) is 0.159. The molecule has 6 heterocycles. The molecule has 0 aliphatic carbocycles. The molecule has 0 aliphatic rings. The molecule has 6 aromatic heterocycles. The van der Waals surface area contributed by atoms with Gasteiger partial charge in [0, 0.05) is 62.9 Å². The second-order valence-electron chi connectivity index (χ2n) is 23.0. The largest absolute Gasteiger partial charge is 3.00 e. The van der Waals surface area contributed by atoms with Crippen LogP contribution in [0.15, 0.2) is 268 Å². The summed E-state index contributed by atoms with van der Waals surface area (Å²) in [5, 5.41) is 0. The normalized spacial score (nSPS) is 9.98. The molecule has 0 atom stereocenters. The molecule has 0 bridgehead atoms. The molecule has 6 aromatic carbocycles. The number of nitrogens with zero attached hydrogens (tertiary/aromatic N) is 6. The molecule has 0 aliphatic heterocycles. The quantitative estimate of drug-likeness (QED) is 0.0241. The maximum atomic E-state index is 12.1. The fourth-order valence-electron chi connectivity index (χ4n) is 8.62. The van der Waals surface area contributed by atoms with Crippen molar-refractivity contribution in [1.29, 1.82) is 0 Å². The molecule has 0 fully saturated rings. The van der Waals surface area contributed by atoms with Crippen LogP contribution in [0, 0.1) is 41.8 Å². The zero-order valence-electron chi connectivity index (χ0n) is 60.3. The predicted molar refractivity (Wildman–Crippen MR) is 404 cm³/mol. The number of benzene rings is 6. The van der Waals surface area contributed by atoms with Crippen LogP contribution in [0.5, 0.6) is 28.7 Å². The Balaban J connectivity index is 0.000000230. The Kier molecular flexibility index (Phi) is 37.1. The van der Waals surface area contributed by atoms with Crippen molar-refractivity contribution in [2.45, 2.75) is 87.5 Å². The second-order valence-corrected chi connectivity index (χ2v) is 23.0. The standard InChI is InChI=1S/C17H18NO2.C15H12NO.4C14H12NO2.2Ir/c1-4-17(2,3)16(19)20-14-9-7-8-13(12-14)15-10-5-6-11-18-15;1-11(2)15(17)13-7-5-6-12(10-13)14-8-3-4-9-16-14;4*1-2-14(16)17-12-7-5-6-11(10-12)13-8-3-4-9-15-13;;/h5-7,9-12H,4H2,1-3H3;3-5,7-10H,1H2,2H3;4*3-5,7-10H,2H2,1H3;;/q6*-1;2*+3. The van der Waals surface area contributed by atoms with E-state index in [0.717, 1.165) is 74.0 Å². The summed E-state index contributed by atoms with van der Waals surface area (Å²) in [6.07, 6.45) is 12.5. The van der Waals surface area contributed by atoms with E-state index in [9.17, 15) is 28.8 Å². The predicted octanol–water partition coefficient (Wildman–Crippen LogP) is 18.6. The van der Waals surface area contributed by atoms with Gasteiger partial charge in [0.25, 0.3) is 0 Å². The zero-order valence-corrected chi connectivity index (χ0v) is 65.1. The monoisotopic (exact) mass is 1780 g/mol. The third kappa shape index (κ3) is 29.4. The van der Waals surface area contributed by atoms with Gasteiger partial charge in [-0.2, -0.15) is 0 Å². The number of ether oxygens (including phenoxy) is 5. The van der Waals surface area contributed by atoms with E-state index in [4.69, 9.17) is 23.7 Å². The summed E-state index contributed by atoms with van der Waals surface area (Å²) in [6.45, 7) is 18.1.